The average Bonchev–Trinajstić information content (AvgIpc) is 2.99. The minimum Gasteiger partial charge on any atom is -0.494 e. The molecule has 112 valence electrons. The molecule has 1 heterocycles. The first-order valence-electron chi connectivity index (χ1n) is 7.57. The van der Waals surface area contributed by atoms with Crippen LogP contribution in [0.2, 0.25) is 0 Å². The highest BCUT2D eigenvalue weighted by atomic mass is 16.5. The summed E-state index contributed by atoms with van der Waals surface area (Å²) in [5.41, 5.74) is 2.46. The molecular formula is C19H20N2O. The summed E-state index contributed by atoms with van der Waals surface area (Å²) in [5.74, 6) is 1.88. The van der Waals surface area contributed by atoms with Crippen LogP contribution in [0.25, 0.3) is 11.4 Å². The van der Waals surface area contributed by atoms with E-state index in [2.05, 4.69) is 41.4 Å². The van der Waals surface area contributed by atoms with E-state index in [-0.39, 0.29) is 0 Å². The fraction of sp³-hybridized carbons (Fsp3) is 0.211. The molecule has 0 N–H and O–H groups in total. The molecule has 3 heteroatoms. The van der Waals surface area contributed by atoms with Crippen LogP contribution in [0.5, 0.6) is 5.75 Å². The van der Waals surface area contributed by atoms with Gasteiger partial charge < -0.3 is 9.30 Å². The van der Waals surface area contributed by atoms with Crippen LogP contribution in [0.15, 0.2) is 67.0 Å². The van der Waals surface area contributed by atoms with Crippen LogP contribution < -0.4 is 4.74 Å². The van der Waals surface area contributed by atoms with Crippen molar-refractivity contribution < 1.29 is 4.74 Å². The van der Waals surface area contributed by atoms with Crippen molar-refractivity contribution in [1.29, 1.82) is 0 Å². The number of aryl methyl sites for hydroxylation is 2. The molecule has 0 aliphatic carbocycles. The molecule has 0 fully saturated rings. The first kappa shape index (κ1) is 14.4. The highest BCUT2D eigenvalue weighted by Crippen LogP contribution is 2.20. The largest absolute Gasteiger partial charge is 0.494 e. The number of benzene rings is 2. The highest BCUT2D eigenvalue weighted by Gasteiger charge is 2.03. The third-order valence-electron chi connectivity index (χ3n) is 3.66. The van der Waals surface area contributed by atoms with Gasteiger partial charge in [0.1, 0.15) is 11.6 Å². The normalized spacial score (nSPS) is 10.6. The Morgan fingerprint density at radius 3 is 2.45 bits per heavy atom. The summed E-state index contributed by atoms with van der Waals surface area (Å²) >= 11 is 0. The number of ether oxygens (including phenoxy) is 1. The monoisotopic (exact) mass is 292 g/mol. The lowest BCUT2D eigenvalue weighted by Gasteiger charge is -2.07. The summed E-state index contributed by atoms with van der Waals surface area (Å²) in [4.78, 5) is 4.35. The van der Waals surface area contributed by atoms with Gasteiger partial charge in [-0.2, -0.15) is 0 Å². The molecule has 3 nitrogen and oxygen atoms in total. The predicted octanol–water partition coefficient (Wildman–Crippen LogP) is 4.10. The second-order valence-electron chi connectivity index (χ2n) is 5.32. The molecule has 0 spiro atoms. The van der Waals surface area contributed by atoms with Crippen LogP contribution in [0.3, 0.4) is 0 Å². The first-order chi connectivity index (χ1) is 10.8. The standard InChI is InChI=1S/C19H20N2O/c1-21-14-13-20-19(21)17-9-11-18(12-10-17)22-15-5-8-16-6-3-2-4-7-16/h2-4,6-7,9-14H,5,8,15H2,1H3. The Balaban J connectivity index is 1.50. The van der Waals surface area contributed by atoms with E-state index in [1.54, 1.807) is 0 Å². The fourth-order valence-corrected chi connectivity index (χ4v) is 2.45. The number of imidazole rings is 1. The second-order valence-corrected chi connectivity index (χ2v) is 5.32. The molecule has 2 aromatic carbocycles. The molecule has 0 amide bonds. The number of nitrogens with zero attached hydrogens (tertiary/aromatic N) is 2. The average molecular weight is 292 g/mol. The van der Waals surface area contributed by atoms with Gasteiger partial charge in [0.2, 0.25) is 0 Å². The number of hydrogen-bond donors (Lipinski definition) is 0. The van der Waals surface area contributed by atoms with Crippen molar-refractivity contribution >= 4 is 0 Å². The highest BCUT2D eigenvalue weighted by molar-refractivity contribution is 5.56. The van der Waals surface area contributed by atoms with Crippen molar-refractivity contribution in [3.05, 3.63) is 72.6 Å². The Hall–Kier alpha value is -2.55. The summed E-state index contributed by atoms with van der Waals surface area (Å²) in [5, 5.41) is 0. The van der Waals surface area contributed by atoms with Gasteiger partial charge in [-0.05, 0) is 42.7 Å². The number of aromatic nitrogens is 2. The van der Waals surface area contributed by atoms with Crippen LogP contribution in [0.4, 0.5) is 0 Å². The first-order valence-corrected chi connectivity index (χ1v) is 7.57. The Bertz CT molecular complexity index is 702. The van der Waals surface area contributed by atoms with Crippen molar-refractivity contribution in [1.82, 2.24) is 9.55 Å². The number of rotatable bonds is 6. The van der Waals surface area contributed by atoms with Crippen LogP contribution in [-0.2, 0) is 13.5 Å². The Labute approximate surface area is 131 Å². The van der Waals surface area contributed by atoms with Crippen molar-refractivity contribution in [3.63, 3.8) is 0 Å². The zero-order chi connectivity index (χ0) is 15.2. The van der Waals surface area contributed by atoms with E-state index in [9.17, 15) is 0 Å². The molecule has 0 atom stereocenters. The van der Waals surface area contributed by atoms with Crippen molar-refractivity contribution in [3.8, 4) is 17.1 Å². The lowest BCUT2D eigenvalue weighted by atomic mass is 10.1. The molecule has 3 rings (SSSR count). The smallest absolute Gasteiger partial charge is 0.139 e. The Kier molecular flexibility index (Phi) is 4.54. The zero-order valence-corrected chi connectivity index (χ0v) is 12.8. The third kappa shape index (κ3) is 3.55. The van der Waals surface area contributed by atoms with Crippen molar-refractivity contribution in [2.75, 3.05) is 6.61 Å². The van der Waals surface area contributed by atoms with E-state index < -0.39 is 0 Å². The molecule has 0 aliphatic rings. The molecule has 0 saturated carbocycles. The lowest BCUT2D eigenvalue weighted by molar-refractivity contribution is 0.311. The minimum absolute atomic E-state index is 0.733. The van der Waals surface area contributed by atoms with Gasteiger partial charge in [-0.25, -0.2) is 4.98 Å². The number of hydrogen-bond acceptors (Lipinski definition) is 2. The van der Waals surface area contributed by atoms with Gasteiger partial charge in [0.15, 0.2) is 0 Å². The summed E-state index contributed by atoms with van der Waals surface area (Å²) in [6, 6.07) is 18.6. The molecule has 0 aliphatic heterocycles. The lowest BCUT2D eigenvalue weighted by Crippen LogP contribution is -1.99. The zero-order valence-electron chi connectivity index (χ0n) is 12.8. The van der Waals surface area contributed by atoms with E-state index in [0.29, 0.717) is 0 Å². The molecule has 0 unspecified atom stereocenters. The van der Waals surface area contributed by atoms with Gasteiger partial charge in [0, 0.05) is 25.0 Å². The summed E-state index contributed by atoms with van der Waals surface area (Å²) in [7, 11) is 2.00. The third-order valence-corrected chi connectivity index (χ3v) is 3.66. The topological polar surface area (TPSA) is 27.1 Å². The van der Waals surface area contributed by atoms with Gasteiger partial charge >= 0.3 is 0 Å². The second kappa shape index (κ2) is 6.94. The predicted molar refractivity (Wildman–Crippen MR) is 88.9 cm³/mol. The quantitative estimate of drug-likeness (QED) is 0.640. The molecule has 3 aromatic rings. The van der Waals surface area contributed by atoms with E-state index in [1.807, 2.05) is 42.2 Å². The Morgan fingerprint density at radius 1 is 1.00 bits per heavy atom. The van der Waals surface area contributed by atoms with Crippen molar-refractivity contribution in [2.24, 2.45) is 7.05 Å². The molecular weight excluding hydrogens is 272 g/mol. The van der Waals surface area contributed by atoms with E-state index in [1.165, 1.54) is 5.56 Å². The maximum atomic E-state index is 5.80. The van der Waals surface area contributed by atoms with Crippen molar-refractivity contribution in [2.45, 2.75) is 12.8 Å². The SMILES string of the molecule is Cn1ccnc1-c1ccc(OCCCc2ccccc2)cc1. The van der Waals surface area contributed by atoms with Crippen LogP contribution in [0, 0.1) is 0 Å². The van der Waals surface area contributed by atoms with Gasteiger partial charge in [0.05, 0.1) is 6.61 Å². The van der Waals surface area contributed by atoms with Crippen LogP contribution in [0.1, 0.15) is 12.0 Å². The van der Waals surface area contributed by atoms with E-state index in [4.69, 9.17) is 4.74 Å². The summed E-state index contributed by atoms with van der Waals surface area (Å²) in [6.45, 7) is 0.733. The van der Waals surface area contributed by atoms with E-state index >= 15 is 0 Å². The van der Waals surface area contributed by atoms with Crippen LogP contribution >= 0.6 is 0 Å². The molecule has 0 radical (unpaired) electrons. The summed E-state index contributed by atoms with van der Waals surface area (Å²) in [6.07, 6.45) is 5.82. The van der Waals surface area contributed by atoms with Gasteiger partial charge in [0.25, 0.3) is 0 Å². The molecule has 22 heavy (non-hydrogen) atoms. The summed E-state index contributed by atoms with van der Waals surface area (Å²) < 4.78 is 7.81. The van der Waals surface area contributed by atoms with Gasteiger partial charge in [-0.3, -0.25) is 0 Å². The minimum atomic E-state index is 0.733. The fourth-order valence-electron chi connectivity index (χ4n) is 2.45. The maximum absolute atomic E-state index is 5.80. The van der Waals surface area contributed by atoms with E-state index in [0.717, 1.165) is 36.6 Å². The van der Waals surface area contributed by atoms with Gasteiger partial charge in [-0.15, -0.1) is 0 Å². The maximum Gasteiger partial charge on any atom is 0.139 e. The molecule has 0 saturated heterocycles. The van der Waals surface area contributed by atoms with Gasteiger partial charge in [-0.1, -0.05) is 30.3 Å². The van der Waals surface area contributed by atoms with Crippen LogP contribution in [-0.4, -0.2) is 16.2 Å². The molecule has 0 bridgehead atoms. The molecule has 1 aromatic heterocycles. The Morgan fingerprint density at radius 2 is 1.77 bits per heavy atom.